The first-order valence-corrected chi connectivity index (χ1v) is 11.1. The summed E-state index contributed by atoms with van der Waals surface area (Å²) in [6, 6.07) is 0. The molecule has 1 aliphatic carbocycles. The minimum Gasteiger partial charge on any atom is -0.512 e. The molecule has 0 spiro atoms. The number of unbranched alkanes of at least 4 members (excludes halogenated alkanes) is 15. The first-order chi connectivity index (χ1) is 12.3. The fraction of sp³-hybridized carbons (Fsp3) is 0.750. The number of allylic oxidation sites excluding steroid dienone is 6. The van der Waals surface area contributed by atoms with Crippen LogP contribution in [0.2, 0.25) is 0 Å². The van der Waals surface area contributed by atoms with Crippen LogP contribution in [0.5, 0.6) is 0 Å². The van der Waals surface area contributed by atoms with Gasteiger partial charge in [0.05, 0.1) is 5.76 Å². The van der Waals surface area contributed by atoms with E-state index in [2.05, 4.69) is 6.92 Å². The van der Waals surface area contributed by atoms with Crippen molar-refractivity contribution in [2.75, 3.05) is 0 Å². The van der Waals surface area contributed by atoms with Crippen LogP contribution in [0.25, 0.3) is 0 Å². The van der Waals surface area contributed by atoms with Crippen LogP contribution >= 0.6 is 0 Å². The molecule has 1 nitrogen and oxygen atoms in total. The summed E-state index contributed by atoms with van der Waals surface area (Å²) in [7, 11) is 0. The third-order valence-corrected chi connectivity index (χ3v) is 5.26. The van der Waals surface area contributed by atoms with E-state index in [0.717, 1.165) is 18.4 Å². The lowest BCUT2D eigenvalue weighted by Crippen LogP contribution is -1.87. The molecule has 0 fully saturated rings. The van der Waals surface area contributed by atoms with Gasteiger partial charge in [-0.05, 0) is 6.42 Å². The van der Waals surface area contributed by atoms with Crippen LogP contribution in [0.4, 0.5) is 0 Å². The third-order valence-electron chi connectivity index (χ3n) is 5.26. The van der Waals surface area contributed by atoms with Crippen LogP contribution in [0.1, 0.15) is 116 Å². The molecule has 0 aliphatic heterocycles. The van der Waals surface area contributed by atoms with Gasteiger partial charge in [-0.1, -0.05) is 128 Å². The second-order valence-corrected chi connectivity index (χ2v) is 7.67. The standard InChI is InChI=1S/C24H42O/c1-2-3-4-5-6-7-8-9-10-11-12-13-14-15-16-17-22-24(25)23-20-18-19-21-23/h18-21,25H,2-17,22H2,1H3. The van der Waals surface area contributed by atoms with Gasteiger partial charge in [-0.2, -0.15) is 0 Å². The maximum Gasteiger partial charge on any atom is 0.0994 e. The van der Waals surface area contributed by atoms with Crippen molar-refractivity contribution < 1.29 is 5.11 Å². The van der Waals surface area contributed by atoms with Gasteiger partial charge in [0.25, 0.3) is 0 Å². The Hall–Kier alpha value is -0.980. The second-order valence-electron chi connectivity index (χ2n) is 7.67. The van der Waals surface area contributed by atoms with Gasteiger partial charge in [-0.15, -0.1) is 0 Å². The predicted octanol–water partition coefficient (Wildman–Crippen LogP) is 8.58. The van der Waals surface area contributed by atoms with Gasteiger partial charge in [0, 0.05) is 12.0 Å². The van der Waals surface area contributed by atoms with Crippen LogP contribution in [-0.2, 0) is 0 Å². The number of hydrogen-bond donors (Lipinski definition) is 1. The molecular formula is C24H42O. The summed E-state index contributed by atoms with van der Waals surface area (Å²) in [4.78, 5) is 0. The Kier molecular flexibility index (Phi) is 14.5. The zero-order valence-electron chi connectivity index (χ0n) is 16.8. The second kappa shape index (κ2) is 16.5. The van der Waals surface area contributed by atoms with Crippen molar-refractivity contribution >= 4 is 0 Å². The molecule has 0 aromatic heterocycles. The highest BCUT2D eigenvalue weighted by atomic mass is 16.3. The lowest BCUT2D eigenvalue weighted by Gasteiger charge is -2.04. The summed E-state index contributed by atoms with van der Waals surface area (Å²) < 4.78 is 0. The average molecular weight is 347 g/mol. The monoisotopic (exact) mass is 346 g/mol. The van der Waals surface area contributed by atoms with Gasteiger partial charge in [0.1, 0.15) is 0 Å². The van der Waals surface area contributed by atoms with Gasteiger partial charge in [-0.3, -0.25) is 0 Å². The molecule has 1 aliphatic rings. The topological polar surface area (TPSA) is 20.2 Å². The van der Waals surface area contributed by atoms with Crippen LogP contribution in [0.3, 0.4) is 0 Å². The highest BCUT2D eigenvalue weighted by Crippen LogP contribution is 2.18. The first kappa shape index (κ1) is 22.1. The molecule has 0 amide bonds. The average Bonchev–Trinajstić information content (AvgIpc) is 3.16. The number of rotatable bonds is 17. The highest BCUT2D eigenvalue weighted by Gasteiger charge is 2.02. The largest absolute Gasteiger partial charge is 0.512 e. The summed E-state index contributed by atoms with van der Waals surface area (Å²) in [5, 5.41) is 9.94. The molecule has 1 N–H and O–H groups in total. The Morgan fingerprint density at radius 1 is 0.600 bits per heavy atom. The first-order valence-electron chi connectivity index (χ1n) is 11.1. The fourth-order valence-electron chi connectivity index (χ4n) is 3.55. The Morgan fingerprint density at radius 2 is 0.960 bits per heavy atom. The molecule has 0 aromatic carbocycles. The fourth-order valence-corrected chi connectivity index (χ4v) is 3.55. The van der Waals surface area contributed by atoms with Crippen molar-refractivity contribution in [1.82, 2.24) is 0 Å². The van der Waals surface area contributed by atoms with E-state index in [1.807, 2.05) is 24.3 Å². The van der Waals surface area contributed by atoms with Crippen molar-refractivity contribution in [3.8, 4) is 0 Å². The summed E-state index contributed by atoms with van der Waals surface area (Å²) in [6.07, 6.45) is 31.0. The maximum atomic E-state index is 9.94. The van der Waals surface area contributed by atoms with E-state index >= 15 is 0 Å². The van der Waals surface area contributed by atoms with Crippen LogP contribution in [-0.4, -0.2) is 5.11 Å². The maximum absolute atomic E-state index is 9.94. The van der Waals surface area contributed by atoms with Crippen molar-refractivity contribution in [3.63, 3.8) is 0 Å². The van der Waals surface area contributed by atoms with E-state index in [9.17, 15) is 5.11 Å². The van der Waals surface area contributed by atoms with Gasteiger partial charge in [-0.25, -0.2) is 0 Å². The van der Waals surface area contributed by atoms with Crippen LogP contribution < -0.4 is 0 Å². The smallest absolute Gasteiger partial charge is 0.0994 e. The minimum absolute atomic E-state index is 0.565. The molecule has 0 aromatic rings. The molecule has 0 atom stereocenters. The van der Waals surface area contributed by atoms with E-state index < -0.39 is 0 Å². The molecular weight excluding hydrogens is 304 g/mol. The van der Waals surface area contributed by atoms with Crippen LogP contribution in [0.15, 0.2) is 35.6 Å². The Labute approximate surface area is 157 Å². The number of aliphatic hydroxyl groups is 1. The highest BCUT2D eigenvalue weighted by molar-refractivity contribution is 5.41. The van der Waals surface area contributed by atoms with Crippen molar-refractivity contribution in [3.05, 3.63) is 35.6 Å². The Morgan fingerprint density at radius 3 is 1.36 bits per heavy atom. The number of aliphatic hydroxyl groups excluding tert-OH is 1. The van der Waals surface area contributed by atoms with Gasteiger partial charge >= 0.3 is 0 Å². The minimum atomic E-state index is 0.565. The lowest BCUT2D eigenvalue weighted by molar-refractivity contribution is 0.377. The summed E-state index contributed by atoms with van der Waals surface area (Å²) in [5.41, 5.74) is 1.00. The summed E-state index contributed by atoms with van der Waals surface area (Å²) in [6.45, 7) is 2.29. The van der Waals surface area contributed by atoms with E-state index in [4.69, 9.17) is 0 Å². The molecule has 144 valence electrons. The SMILES string of the molecule is CCCCCCCCCCCCCCCCCCC(O)=C1C=CC=C1. The molecule has 0 saturated heterocycles. The predicted molar refractivity (Wildman–Crippen MR) is 112 cm³/mol. The summed E-state index contributed by atoms with van der Waals surface area (Å²) in [5.74, 6) is 0.565. The molecule has 1 heteroatoms. The van der Waals surface area contributed by atoms with E-state index in [1.165, 1.54) is 96.3 Å². The molecule has 1 rings (SSSR count). The Balaban J connectivity index is 1.74. The Bertz CT molecular complexity index is 375. The van der Waals surface area contributed by atoms with Crippen LogP contribution in [0, 0.1) is 0 Å². The quantitative estimate of drug-likeness (QED) is 0.206. The third kappa shape index (κ3) is 13.0. The zero-order chi connectivity index (χ0) is 18.0. The number of hydrogen-bond acceptors (Lipinski definition) is 1. The van der Waals surface area contributed by atoms with E-state index in [1.54, 1.807) is 0 Å². The molecule has 0 unspecified atom stereocenters. The molecule has 25 heavy (non-hydrogen) atoms. The van der Waals surface area contributed by atoms with Gasteiger partial charge in [0.15, 0.2) is 0 Å². The zero-order valence-corrected chi connectivity index (χ0v) is 16.8. The van der Waals surface area contributed by atoms with Crippen molar-refractivity contribution in [2.45, 2.75) is 116 Å². The molecule has 0 heterocycles. The molecule has 0 saturated carbocycles. The van der Waals surface area contributed by atoms with E-state index in [0.29, 0.717) is 5.76 Å². The van der Waals surface area contributed by atoms with Gasteiger partial charge < -0.3 is 5.11 Å². The van der Waals surface area contributed by atoms with Crippen molar-refractivity contribution in [1.29, 1.82) is 0 Å². The summed E-state index contributed by atoms with van der Waals surface area (Å²) >= 11 is 0. The molecule has 0 radical (unpaired) electrons. The van der Waals surface area contributed by atoms with E-state index in [-0.39, 0.29) is 0 Å². The van der Waals surface area contributed by atoms with Crippen molar-refractivity contribution in [2.24, 2.45) is 0 Å². The lowest BCUT2D eigenvalue weighted by atomic mass is 10.0. The van der Waals surface area contributed by atoms with Gasteiger partial charge in [0.2, 0.25) is 0 Å². The normalized spacial score (nSPS) is 13.1. The molecule has 0 bridgehead atoms.